The fraction of sp³-hybridized carbons (Fsp3) is 0. The average molecular weight is 730 g/mol. The van der Waals surface area contributed by atoms with Gasteiger partial charge in [0.2, 0.25) is 5.95 Å². The van der Waals surface area contributed by atoms with Gasteiger partial charge in [-0.05, 0) is 35.9 Å². The maximum atomic E-state index is 6.63. The number of fused-ring (bicyclic) bond motifs is 10. The van der Waals surface area contributed by atoms with E-state index in [4.69, 9.17) is 19.4 Å². The van der Waals surface area contributed by atoms with Crippen LogP contribution in [0.15, 0.2) is 192 Å². The molecule has 0 amide bonds. The lowest BCUT2D eigenvalue weighted by Crippen LogP contribution is -2.07. The number of nitrogens with zero attached hydrogens (tertiary/aromatic N) is 5. The quantitative estimate of drug-likeness (QED) is 0.177. The SMILES string of the molecule is c1ccc(-c2nc(-c3ccccc3)nc(-n3c4ccccc4c4ccc5c6ccccc6n(-c6cc(-c7ccccc7)c7oc8ccccc8c7c6)c5c43)n2)cc1. The highest BCUT2D eigenvalue weighted by atomic mass is 16.3. The summed E-state index contributed by atoms with van der Waals surface area (Å²) in [5.41, 5.74) is 11.0. The first-order valence-corrected chi connectivity index (χ1v) is 19.1. The molecule has 4 heterocycles. The van der Waals surface area contributed by atoms with Crippen molar-refractivity contribution in [1.29, 1.82) is 0 Å². The van der Waals surface area contributed by atoms with Crippen molar-refractivity contribution in [3.8, 4) is 45.5 Å². The molecule has 266 valence electrons. The molecule has 0 N–H and O–H groups in total. The molecule has 8 aromatic carbocycles. The van der Waals surface area contributed by atoms with E-state index in [2.05, 4.69) is 149 Å². The maximum absolute atomic E-state index is 6.63. The summed E-state index contributed by atoms with van der Waals surface area (Å²) in [5, 5.41) is 6.69. The molecule has 0 radical (unpaired) electrons. The Kier molecular flexibility index (Phi) is 6.83. The zero-order valence-corrected chi connectivity index (χ0v) is 30.5. The second-order valence-electron chi connectivity index (χ2n) is 14.4. The van der Waals surface area contributed by atoms with E-state index in [1.54, 1.807) is 0 Å². The molecule has 6 nitrogen and oxygen atoms in total. The molecule has 0 aliphatic rings. The summed E-state index contributed by atoms with van der Waals surface area (Å²) in [6, 6.07) is 65.5. The zero-order valence-electron chi connectivity index (χ0n) is 30.5. The number of furan rings is 1. The summed E-state index contributed by atoms with van der Waals surface area (Å²) in [4.78, 5) is 15.6. The van der Waals surface area contributed by atoms with Gasteiger partial charge >= 0.3 is 0 Å². The average Bonchev–Trinajstić information content (AvgIpc) is 3.95. The molecule has 0 unspecified atom stereocenters. The largest absolute Gasteiger partial charge is 0.455 e. The van der Waals surface area contributed by atoms with Crippen molar-refractivity contribution in [2.45, 2.75) is 0 Å². The molecule has 4 aromatic heterocycles. The predicted octanol–water partition coefficient (Wildman–Crippen LogP) is 13.0. The van der Waals surface area contributed by atoms with Crippen LogP contribution < -0.4 is 0 Å². The molecule has 0 aliphatic heterocycles. The molecule has 57 heavy (non-hydrogen) atoms. The van der Waals surface area contributed by atoms with Gasteiger partial charge in [0.15, 0.2) is 11.6 Å². The second-order valence-corrected chi connectivity index (χ2v) is 14.4. The van der Waals surface area contributed by atoms with Crippen molar-refractivity contribution in [2.75, 3.05) is 0 Å². The van der Waals surface area contributed by atoms with Crippen LogP contribution in [0.1, 0.15) is 0 Å². The van der Waals surface area contributed by atoms with Crippen LogP contribution in [0.25, 0.3) is 111 Å². The Bertz CT molecular complexity index is 3450. The normalized spacial score (nSPS) is 11.9. The van der Waals surface area contributed by atoms with Gasteiger partial charge in [0.25, 0.3) is 0 Å². The number of aromatic nitrogens is 5. The fourth-order valence-electron chi connectivity index (χ4n) is 8.65. The van der Waals surface area contributed by atoms with Gasteiger partial charge in [-0.2, -0.15) is 9.97 Å². The van der Waals surface area contributed by atoms with Gasteiger partial charge in [-0.25, -0.2) is 4.98 Å². The molecular formula is C51H31N5O. The Labute approximate surface area is 326 Å². The summed E-state index contributed by atoms with van der Waals surface area (Å²) < 4.78 is 11.3. The molecule has 0 saturated heterocycles. The van der Waals surface area contributed by atoms with Crippen LogP contribution in [0, 0.1) is 0 Å². The number of hydrogen-bond acceptors (Lipinski definition) is 4. The standard InChI is InChI=1S/C51H31N5O/c1-4-16-32(17-5-1)41-30-35(31-42-38-24-12-15-27-45(38)57-48(41)42)55-43-25-13-10-22-36(43)39-28-29-40-37-23-11-14-26-44(37)56(47(40)46(39)55)51-53-49(33-18-6-2-7-19-33)52-50(54-51)34-20-8-3-9-21-34/h1-31H. The summed E-state index contributed by atoms with van der Waals surface area (Å²) in [6.07, 6.45) is 0. The highest BCUT2D eigenvalue weighted by Crippen LogP contribution is 2.44. The van der Waals surface area contributed by atoms with Crippen LogP contribution in [0.5, 0.6) is 0 Å². The fourth-order valence-corrected chi connectivity index (χ4v) is 8.65. The van der Waals surface area contributed by atoms with E-state index in [1.807, 2.05) is 48.5 Å². The highest BCUT2D eigenvalue weighted by Gasteiger charge is 2.24. The van der Waals surface area contributed by atoms with E-state index >= 15 is 0 Å². The molecule has 12 aromatic rings. The Morgan fingerprint density at radius 1 is 0.368 bits per heavy atom. The molecule has 0 spiro atoms. The molecule has 0 atom stereocenters. The van der Waals surface area contributed by atoms with Crippen molar-refractivity contribution in [3.63, 3.8) is 0 Å². The van der Waals surface area contributed by atoms with Crippen molar-refractivity contribution in [3.05, 3.63) is 188 Å². The second kappa shape index (κ2) is 12.3. The first kappa shape index (κ1) is 31.5. The monoisotopic (exact) mass is 729 g/mol. The smallest absolute Gasteiger partial charge is 0.238 e. The van der Waals surface area contributed by atoms with Gasteiger partial charge < -0.3 is 8.98 Å². The van der Waals surface area contributed by atoms with Crippen molar-refractivity contribution in [1.82, 2.24) is 24.1 Å². The van der Waals surface area contributed by atoms with Crippen LogP contribution in [0.3, 0.4) is 0 Å². The third kappa shape index (κ3) is 4.81. The Hall–Kier alpha value is -7.83. The van der Waals surface area contributed by atoms with Crippen LogP contribution in [-0.2, 0) is 0 Å². The first-order valence-electron chi connectivity index (χ1n) is 19.1. The van der Waals surface area contributed by atoms with E-state index in [9.17, 15) is 0 Å². The van der Waals surface area contributed by atoms with E-state index in [-0.39, 0.29) is 0 Å². The lowest BCUT2D eigenvalue weighted by Gasteiger charge is -2.14. The topological polar surface area (TPSA) is 61.7 Å². The Balaban J connectivity index is 1.25. The minimum atomic E-state index is 0.555. The molecule has 12 rings (SSSR count). The van der Waals surface area contributed by atoms with Crippen LogP contribution >= 0.6 is 0 Å². The third-order valence-corrected chi connectivity index (χ3v) is 11.2. The molecular weight excluding hydrogens is 699 g/mol. The lowest BCUT2D eigenvalue weighted by molar-refractivity contribution is 0.670. The predicted molar refractivity (Wildman–Crippen MR) is 232 cm³/mol. The van der Waals surface area contributed by atoms with Gasteiger partial charge in [0.05, 0.1) is 22.1 Å². The summed E-state index contributed by atoms with van der Waals surface area (Å²) >= 11 is 0. The summed E-state index contributed by atoms with van der Waals surface area (Å²) in [6.45, 7) is 0. The van der Waals surface area contributed by atoms with Gasteiger partial charge in [-0.15, -0.1) is 0 Å². The van der Waals surface area contributed by atoms with Crippen molar-refractivity contribution >= 4 is 65.6 Å². The van der Waals surface area contributed by atoms with Crippen LogP contribution in [0.4, 0.5) is 0 Å². The van der Waals surface area contributed by atoms with Crippen LogP contribution in [0.2, 0.25) is 0 Å². The first-order chi connectivity index (χ1) is 28.3. The molecule has 0 aliphatic carbocycles. The minimum absolute atomic E-state index is 0.555. The molecule has 0 bridgehead atoms. The van der Waals surface area contributed by atoms with E-state index in [0.717, 1.165) is 93.5 Å². The Morgan fingerprint density at radius 3 is 1.47 bits per heavy atom. The van der Waals surface area contributed by atoms with Gasteiger partial charge in [0, 0.05) is 54.7 Å². The summed E-state index contributed by atoms with van der Waals surface area (Å²) in [7, 11) is 0. The summed E-state index contributed by atoms with van der Waals surface area (Å²) in [5.74, 6) is 1.78. The molecule has 6 heteroatoms. The van der Waals surface area contributed by atoms with Crippen LogP contribution in [-0.4, -0.2) is 24.1 Å². The lowest BCUT2D eigenvalue weighted by atomic mass is 10.0. The zero-order chi connectivity index (χ0) is 37.5. The van der Waals surface area contributed by atoms with Gasteiger partial charge in [-0.3, -0.25) is 4.57 Å². The van der Waals surface area contributed by atoms with Gasteiger partial charge in [-0.1, -0.05) is 158 Å². The van der Waals surface area contributed by atoms with E-state index < -0.39 is 0 Å². The molecule has 0 saturated carbocycles. The minimum Gasteiger partial charge on any atom is -0.455 e. The number of benzene rings is 8. The number of para-hydroxylation sites is 3. The maximum Gasteiger partial charge on any atom is 0.238 e. The number of hydrogen-bond donors (Lipinski definition) is 0. The third-order valence-electron chi connectivity index (χ3n) is 11.2. The van der Waals surface area contributed by atoms with Crippen molar-refractivity contribution < 1.29 is 4.42 Å². The van der Waals surface area contributed by atoms with Gasteiger partial charge in [0.1, 0.15) is 11.2 Å². The Morgan fingerprint density at radius 2 is 0.860 bits per heavy atom. The number of rotatable bonds is 5. The van der Waals surface area contributed by atoms with E-state index in [1.165, 1.54) is 0 Å². The highest BCUT2D eigenvalue weighted by molar-refractivity contribution is 6.24. The van der Waals surface area contributed by atoms with Crippen molar-refractivity contribution in [2.24, 2.45) is 0 Å². The van der Waals surface area contributed by atoms with E-state index in [0.29, 0.717) is 17.6 Å². The molecule has 0 fully saturated rings.